The largest absolute Gasteiger partial charge is 0.335 e. The normalized spacial score (nSPS) is 27.7. The average Bonchev–Trinajstić information content (AvgIpc) is 2.85. The van der Waals surface area contributed by atoms with Crippen molar-refractivity contribution in [1.29, 1.82) is 0 Å². The average molecular weight is 263 g/mol. The van der Waals surface area contributed by atoms with E-state index in [0.717, 1.165) is 32.6 Å². The number of aryl methyl sites for hydroxylation is 1. The van der Waals surface area contributed by atoms with Gasteiger partial charge in [-0.1, -0.05) is 0 Å². The Hall–Kier alpha value is -1.43. The number of aromatic amines is 1. The Morgan fingerprint density at radius 2 is 2.21 bits per heavy atom. The van der Waals surface area contributed by atoms with Gasteiger partial charge in [-0.05, 0) is 39.2 Å². The highest BCUT2D eigenvalue weighted by Crippen LogP contribution is 2.36. The number of piperidine rings is 2. The van der Waals surface area contributed by atoms with Crippen molar-refractivity contribution in [3.8, 4) is 0 Å². The van der Waals surface area contributed by atoms with Crippen LogP contribution < -0.4 is 5.32 Å². The molecule has 1 aromatic rings. The van der Waals surface area contributed by atoms with Gasteiger partial charge in [0.2, 0.25) is 5.82 Å². The summed E-state index contributed by atoms with van der Waals surface area (Å²) in [4.78, 5) is 18.5. The van der Waals surface area contributed by atoms with Gasteiger partial charge in [0.05, 0.1) is 0 Å². The third-order valence-corrected chi connectivity index (χ3v) is 4.30. The van der Waals surface area contributed by atoms with E-state index in [1.165, 1.54) is 19.3 Å². The Balaban J connectivity index is 1.72. The van der Waals surface area contributed by atoms with E-state index in [1.807, 2.05) is 11.8 Å². The van der Waals surface area contributed by atoms with Gasteiger partial charge in [0, 0.05) is 25.0 Å². The summed E-state index contributed by atoms with van der Waals surface area (Å²) in [7, 11) is 0. The van der Waals surface area contributed by atoms with Crippen molar-refractivity contribution < 1.29 is 4.79 Å². The van der Waals surface area contributed by atoms with Crippen LogP contribution in [0.5, 0.6) is 0 Å². The number of nitrogens with one attached hydrogen (secondary N) is 2. The lowest BCUT2D eigenvalue weighted by molar-refractivity contribution is 0.0424. The van der Waals surface area contributed by atoms with Crippen molar-refractivity contribution >= 4 is 5.91 Å². The molecular weight excluding hydrogens is 242 g/mol. The fourth-order valence-electron chi connectivity index (χ4n) is 3.34. The van der Waals surface area contributed by atoms with Crippen molar-refractivity contribution in [3.63, 3.8) is 0 Å². The zero-order chi connectivity index (χ0) is 13.3. The minimum absolute atomic E-state index is 0.0333. The van der Waals surface area contributed by atoms with Gasteiger partial charge in [0.25, 0.3) is 5.91 Å². The molecule has 104 valence electrons. The minimum Gasteiger partial charge on any atom is -0.335 e. The van der Waals surface area contributed by atoms with Crippen molar-refractivity contribution in [2.24, 2.45) is 5.41 Å². The molecule has 2 aliphatic heterocycles. The predicted octanol–water partition coefficient (Wildman–Crippen LogP) is 0.719. The molecule has 19 heavy (non-hydrogen) atoms. The second-order valence-corrected chi connectivity index (χ2v) is 5.86. The summed E-state index contributed by atoms with van der Waals surface area (Å²) in [5.41, 5.74) is 0.275. The molecular formula is C13H21N5O. The molecule has 0 aliphatic carbocycles. The smallest absolute Gasteiger partial charge is 0.293 e. The highest BCUT2D eigenvalue weighted by Gasteiger charge is 2.38. The monoisotopic (exact) mass is 263 g/mol. The van der Waals surface area contributed by atoms with E-state index in [9.17, 15) is 4.79 Å². The van der Waals surface area contributed by atoms with Gasteiger partial charge in [-0.25, -0.2) is 4.98 Å². The molecule has 2 aliphatic rings. The number of hydrogen-bond acceptors (Lipinski definition) is 4. The van der Waals surface area contributed by atoms with Crippen LogP contribution in [-0.2, 0) is 0 Å². The zero-order valence-corrected chi connectivity index (χ0v) is 11.4. The maximum Gasteiger partial charge on any atom is 0.293 e. The molecule has 0 radical (unpaired) electrons. The Labute approximate surface area is 113 Å². The Morgan fingerprint density at radius 1 is 1.37 bits per heavy atom. The van der Waals surface area contributed by atoms with Crippen LogP contribution in [0.1, 0.15) is 42.1 Å². The van der Waals surface area contributed by atoms with Crippen LogP contribution in [-0.4, -0.2) is 52.2 Å². The van der Waals surface area contributed by atoms with Crippen molar-refractivity contribution in [3.05, 3.63) is 11.6 Å². The van der Waals surface area contributed by atoms with Gasteiger partial charge in [0.15, 0.2) is 0 Å². The minimum atomic E-state index is -0.0333. The molecule has 2 N–H and O–H groups in total. The molecule has 3 heterocycles. The number of rotatable bonds is 1. The summed E-state index contributed by atoms with van der Waals surface area (Å²) in [6.45, 7) is 5.62. The molecule has 2 fully saturated rings. The van der Waals surface area contributed by atoms with Crippen molar-refractivity contribution in [2.75, 3.05) is 26.2 Å². The summed E-state index contributed by atoms with van der Waals surface area (Å²) in [6.07, 6.45) is 4.73. The van der Waals surface area contributed by atoms with Crippen LogP contribution >= 0.6 is 0 Å². The second-order valence-electron chi connectivity index (χ2n) is 5.86. The molecule has 2 saturated heterocycles. The topological polar surface area (TPSA) is 73.9 Å². The summed E-state index contributed by atoms with van der Waals surface area (Å²) in [6, 6.07) is 0. The highest BCUT2D eigenvalue weighted by molar-refractivity contribution is 5.90. The van der Waals surface area contributed by atoms with Crippen molar-refractivity contribution in [1.82, 2.24) is 25.4 Å². The molecule has 6 heteroatoms. The van der Waals surface area contributed by atoms with Gasteiger partial charge >= 0.3 is 0 Å². The molecule has 0 saturated carbocycles. The fourth-order valence-corrected chi connectivity index (χ4v) is 3.34. The van der Waals surface area contributed by atoms with Gasteiger partial charge < -0.3 is 10.2 Å². The summed E-state index contributed by atoms with van der Waals surface area (Å²) in [5, 5.41) is 10.2. The van der Waals surface area contributed by atoms with Crippen LogP contribution in [0.25, 0.3) is 0 Å². The van der Waals surface area contributed by atoms with E-state index in [-0.39, 0.29) is 11.3 Å². The molecule has 0 bridgehead atoms. The van der Waals surface area contributed by atoms with Crippen LogP contribution in [0.4, 0.5) is 0 Å². The lowest BCUT2D eigenvalue weighted by Crippen LogP contribution is -2.52. The Morgan fingerprint density at radius 3 is 2.89 bits per heavy atom. The number of aromatic nitrogens is 3. The van der Waals surface area contributed by atoms with Gasteiger partial charge in [0.1, 0.15) is 5.82 Å². The first kappa shape index (κ1) is 12.6. The number of nitrogens with zero attached hydrogens (tertiary/aromatic N) is 3. The Kier molecular flexibility index (Phi) is 3.26. The summed E-state index contributed by atoms with van der Waals surface area (Å²) in [5.74, 6) is 0.960. The van der Waals surface area contributed by atoms with Gasteiger partial charge in [-0.2, -0.15) is 0 Å². The number of carbonyl (C=O) groups is 1. The third kappa shape index (κ3) is 2.49. The van der Waals surface area contributed by atoms with Crippen LogP contribution in [0.2, 0.25) is 0 Å². The number of H-pyrrole nitrogens is 1. The lowest BCUT2D eigenvalue weighted by Gasteiger charge is -2.45. The lowest BCUT2D eigenvalue weighted by atomic mass is 9.74. The molecule has 1 atom stereocenters. The third-order valence-electron chi connectivity index (χ3n) is 4.30. The molecule has 1 unspecified atom stereocenters. The van der Waals surface area contributed by atoms with E-state index in [0.29, 0.717) is 11.6 Å². The molecule has 1 amide bonds. The first-order chi connectivity index (χ1) is 9.19. The number of amides is 1. The first-order valence-electron chi connectivity index (χ1n) is 7.08. The van der Waals surface area contributed by atoms with Crippen LogP contribution in [0.3, 0.4) is 0 Å². The molecule has 6 nitrogen and oxygen atoms in total. The van der Waals surface area contributed by atoms with E-state index in [4.69, 9.17) is 0 Å². The first-order valence-corrected chi connectivity index (χ1v) is 7.08. The number of carbonyl (C=O) groups excluding carboxylic acids is 1. The molecule has 1 spiro atoms. The predicted molar refractivity (Wildman–Crippen MR) is 70.8 cm³/mol. The van der Waals surface area contributed by atoms with E-state index >= 15 is 0 Å². The Bertz CT molecular complexity index is 458. The van der Waals surface area contributed by atoms with Crippen LogP contribution in [0, 0.1) is 12.3 Å². The summed E-state index contributed by atoms with van der Waals surface area (Å²) < 4.78 is 0. The van der Waals surface area contributed by atoms with E-state index < -0.39 is 0 Å². The molecule has 1 aromatic heterocycles. The maximum absolute atomic E-state index is 12.4. The summed E-state index contributed by atoms with van der Waals surface area (Å²) >= 11 is 0. The quantitative estimate of drug-likeness (QED) is 0.783. The standard InChI is InChI=1S/C13H21N5O/c1-10-15-11(17-16-10)12(19)18-7-3-5-13(9-18)4-2-6-14-8-13/h14H,2-9H2,1H3,(H,15,16,17). The van der Waals surface area contributed by atoms with Gasteiger partial charge in [-0.15, -0.1) is 5.10 Å². The fraction of sp³-hybridized carbons (Fsp3) is 0.769. The van der Waals surface area contributed by atoms with Gasteiger partial charge in [-0.3, -0.25) is 9.89 Å². The highest BCUT2D eigenvalue weighted by atomic mass is 16.2. The molecule has 0 aromatic carbocycles. The van der Waals surface area contributed by atoms with E-state index in [2.05, 4.69) is 20.5 Å². The maximum atomic E-state index is 12.4. The van der Waals surface area contributed by atoms with E-state index in [1.54, 1.807) is 0 Å². The number of hydrogen-bond donors (Lipinski definition) is 2. The molecule has 3 rings (SSSR count). The zero-order valence-electron chi connectivity index (χ0n) is 11.4. The van der Waals surface area contributed by atoms with Crippen LogP contribution in [0.15, 0.2) is 0 Å². The number of likely N-dealkylation sites (tertiary alicyclic amines) is 1. The SMILES string of the molecule is Cc1nc(C(=O)N2CCCC3(CCCNC3)C2)n[nH]1. The second kappa shape index (κ2) is 4.92. The van der Waals surface area contributed by atoms with Crippen molar-refractivity contribution in [2.45, 2.75) is 32.6 Å².